The Balaban J connectivity index is 1.94. The lowest BCUT2D eigenvalue weighted by molar-refractivity contribution is 1.12. The molecule has 0 aliphatic heterocycles. The maximum atomic E-state index is 8.87. The molecule has 0 saturated heterocycles. The number of nitriles is 1. The minimum absolute atomic E-state index is 0.475. The van der Waals surface area contributed by atoms with Crippen LogP contribution in [0.4, 0.5) is 0 Å². The highest BCUT2D eigenvalue weighted by Gasteiger charge is 2.04. The van der Waals surface area contributed by atoms with Gasteiger partial charge in [0.2, 0.25) is 0 Å². The summed E-state index contributed by atoms with van der Waals surface area (Å²) in [5.74, 6) is 0. The van der Waals surface area contributed by atoms with Gasteiger partial charge in [-0.3, -0.25) is 0 Å². The van der Waals surface area contributed by atoms with Gasteiger partial charge in [0.25, 0.3) is 0 Å². The van der Waals surface area contributed by atoms with E-state index in [9.17, 15) is 0 Å². The molecule has 0 fully saturated rings. The van der Waals surface area contributed by atoms with Crippen LogP contribution in [0.15, 0.2) is 54.7 Å². The van der Waals surface area contributed by atoms with Gasteiger partial charge in [0.1, 0.15) is 0 Å². The highest BCUT2D eigenvalue weighted by Crippen LogP contribution is 2.19. The molecule has 0 aliphatic carbocycles. The van der Waals surface area contributed by atoms with E-state index in [1.54, 1.807) is 0 Å². The summed E-state index contributed by atoms with van der Waals surface area (Å²) in [4.78, 5) is 3.20. The molecular formula is C17H14N2. The molecule has 2 heteroatoms. The molecule has 0 radical (unpaired) electrons. The second-order valence-electron chi connectivity index (χ2n) is 4.68. The van der Waals surface area contributed by atoms with E-state index in [2.05, 4.69) is 41.4 Å². The first kappa shape index (κ1) is 11.6. The van der Waals surface area contributed by atoms with Crippen LogP contribution in [0.2, 0.25) is 0 Å². The van der Waals surface area contributed by atoms with E-state index in [0.29, 0.717) is 6.42 Å². The fraction of sp³-hybridized carbons (Fsp3) is 0.118. The molecule has 3 rings (SSSR count). The summed E-state index contributed by atoms with van der Waals surface area (Å²) in [5, 5.41) is 10.1. The van der Waals surface area contributed by atoms with Crippen molar-refractivity contribution in [2.45, 2.75) is 12.8 Å². The topological polar surface area (TPSA) is 39.6 Å². The molecule has 3 aromatic rings. The van der Waals surface area contributed by atoms with Crippen molar-refractivity contribution in [1.82, 2.24) is 4.98 Å². The third kappa shape index (κ3) is 2.36. The number of hydrogen-bond acceptors (Lipinski definition) is 1. The first-order valence-corrected chi connectivity index (χ1v) is 6.36. The normalized spacial score (nSPS) is 10.5. The lowest BCUT2D eigenvalue weighted by atomic mass is 9.98. The molecule has 0 aliphatic rings. The number of benzene rings is 2. The average Bonchev–Trinajstić information content (AvgIpc) is 2.89. The van der Waals surface area contributed by atoms with Crippen molar-refractivity contribution < 1.29 is 0 Å². The van der Waals surface area contributed by atoms with Gasteiger partial charge in [0.15, 0.2) is 0 Å². The number of nitrogens with zero attached hydrogens (tertiary/aromatic N) is 1. The molecule has 1 aromatic heterocycles. The summed E-state index contributed by atoms with van der Waals surface area (Å²) < 4.78 is 0. The summed E-state index contributed by atoms with van der Waals surface area (Å²) in [7, 11) is 0. The Bertz CT molecular complexity index is 747. The van der Waals surface area contributed by atoms with Crippen molar-refractivity contribution in [3.63, 3.8) is 0 Å². The molecule has 19 heavy (non-hydrogen) atoms. The van der Waals surface area contributed by atoms with Crippen molar-refractivity contribution in [2.24, 2.45) is 0 Å². The number of H-pyrrole nitrogens is 1. The second kappa shape index (κ2) is 4.99. The van der Waals surface area contributed by atoms with Gasteiger partial charge in [-0.1, -0.05) is 30.3 Å². The summed E-state index contributed by atoms with van der Waals surface area (Å²) in [6.45, 7) is 0. The standard InChI is InChI=1S/C17H14N2/c18-9-7-14-3-1-2-4-15(14)11-13-5-6-17-16(12-13)8-10-19-17/h1-6,8,10,12,19H,7,11H2. The van der Waals surface area contributed by atoms with Crippen LogP contribution < -0.4 is 0 Å². The van der Waals surface area contributed by atoms with E-state index < -0.39 is 0 Å². The van der Waals surface area contributed by atoms with Gasteiger partial charge in [-0.2, -0.15) is 5.26 Å². The Morgan fingerprint density at radius 1 is 1.00 bits per heavy atom. The molecule has 2 aromatic carbocycles. The van der Waals surface area contributed by atoms with Gasteiger partial charge in [-0.05, 0) is 46.7 Å². The highest BCUT2D eigenvalue weighted by molar-refractivity contribution is 5.80. The number of aromatic nitrogens is 1. The van der Waals surface area contributed by atoms with Crippen LogP contribution >= 0.6 is 0 Å². The van der Waals surface area contributed by atoms with Gasteiger partial charge >= 0.3 is 0 Å². The van der Waals surface area contributed by atoms with Gasteiger partial charge in [0.05, 0.1) is 12.5 Å². The quantitative estimate of drug-likeness (QED) is 0.749. The van der Waals surface area contributed by atoms with E-state index in [-0.39, 0.29) is 0 Å². The molecule has 92 valence electrons. The van der Waals surface area contributed by atoms with Crippen LogP contribution in [-0.4, -0.2) is 4.98 Å². The predicted molar refractivity (Wildman–Crippen MR) is 76.9 cm³/mol. The number of rotatable bonds is 3. The minimum atomic E-state index is 0.475. The Morgan fingerprint density at radius 3 is 2.68 bits per heavy atom. The molecule has 0 spiro atoms. The average molecular weight is 246 g/mol. The van der Waals surface area contributed by atoms with Crippen molar-refractivity contribution in [1.29, 1.82) is 5.26 Å². The van der Waals surface area contributed by atoms with E-state index in [1.165, 1.54) is 16.5 Å². The van der Waals surface area contributed by atoms with Crippen LogP contribution in [0.5, 0.6) is 0 Å². The maximum Gasteiger partial charge on any atom is 0.0669 e. The zero-order valence-electron chi connectivity index (χ0n) is 10.6. The predicted octanol–water partition coefficient (Wildman–Crippen LogP) is 3.82. The van der Waals surface area contributed by atoms with E-state index >= 15 is 0 Å². The summed E-state index contributed by atoms with van der Waals surface area (Å²) in [6, 6.07) is 18.9. The third-order valence-corrected chi connectivity index (χ3v) is 3.40. The first-order chi connectivity index (χ1) is 9.36. The van der Waals surface area contributed by atoms with Crippen LogP contribution in [0.3, 0.4) is 0 Å². The fourth-order valence-corrected chi connectivity index (χ4v) is 2.42. The van der Waals surface area contributed by atoms with Crippen molar-refractivity contribution in [2.75, 3.05) is 0 Å². The van der Waals surface area contributed by atoms with Crippen molar-refractivity contribution in [3.05, 3.63) is 71.4 Å². The van der Waals surface area contributed by atoms with Crippen LogP contribution in [0.25, 0.3) is 10.9 Å². The molecule has 1 heterocycles. The maximum absolute atomic E-state index is 8.87. The highest BCUT2D eigenvalue weighted by atomic mass is 14.7. The lowest BCUT2D eigenvalue weighted by Gasteiger charge is -2.07. The molecule has 2 nitrogen and oxygen atoms in total. The van der Waals surface area contributed by atoms with E-state index in [0.717, 1.165) is 17.5 Å². The molecular weight excluding hydrogens is 232 g/mol. The summed E-state index contributed by atoms with van der Waals surface area (Å²) in [5.41, 5.74) is 4.80. The largest absolute Gasteiger partial charge is 0.361 e. The Labute approximate surface area is 112 Å². The zero-order valence-corrected chi connectivity index (χ0v) is 10.6. The fourth-order valence-electron chi connectivity index (χ4n) is 2.42. The molecule has 0 amide bonds. The van der Waals surface area contributed by atoms with Gasteiger partial charge in [-0.25, -0.2) is 0 Å². The molecule has 0 bridgehead atoms. The first-order valence-electron chi connectivity index (χ1n) is 6.36. The van der Waals surface area contributed by atoms with Crippen molar-refractivity contribution >= 4 is 10.9 Å². The Morgan fingerprint density at radius 2 is 1.84 bits per heavy atom. The van der Waals surface area contributed by atoms with Gasteiger partial charge in [-0.15, -0.1) is 0 Å². The zero-order chi connectivity index (χ0) is 13.1. The lowest BCUT2D eigenvalue weighted by Crippen LogP contribution is -1.94. The SMILES string of the molecule is N#CCc1ccccc1Cc1ccc2[nH]ccc2c1. The second-order valence-corrected chi connectivity index (χ2v) is 4.68. The van der Waals surface area contributed by atoms with Crippen LogP contribution in [0.1, 0.15) is 16.7 Å². The number of hydrogen-bond donors (Lipinski definition) is 1. The van der Waals surface area contributed by atoms with E-state index in [4.69, 9.17) is 5.26 Å². The smallest absolute Gasteiger partial charge is 0.0669 e. The van der Waals surface area contributed by atoms with Gasteiger partial charge < -0.3 is 4.98 Å². The molecule has 0 saturated carbocycles. The number of nitrogens with one attached hydrogen (secondary N) is 1. The molecule has 1 N–H and O–H groups in total. The van der Waals surface area contributed by atoms with Crippen molar-refractivity contribution in [3.8, 4) is 6.07 Å². The monoisotopic (exact) mass is 246 g/mol. The minimum Gasteiger partial charge on any atom is -0.361 e. The Hall–Kier alpha value is -2.53. The number of aromatic amines is 1. The number of fused-ring (bicyclic) bond motifs is 1. The summed E-state index contributed by atoms with van der Waals surface area (Å²) >= 11 is 0. The van der Waals surface area contributed by atoms with Crippen LogP contribution in [0, 0.1) is 11.3 Å². The molecule has 0 atom stereocenters. The van der Waals surface area contributed by atoms with Gasteiger partial charge in [0, 0.05) is 11.7 Å². The van der Waals surface area contributed by atoms with E-state index in [1.807, 2.05) is 24.4 Å². The Kier molecular flexibility index (Phi) is 3.04. The third-order valence-electron chi connectivity index (χ3n) is 3.40. The summed E-state index contributed by atoms with van der Waals surface area (Å²) in [6.07, 6.45) is 3.31. The molecule has 0 unspecified atom stereocenters. The van der Waals surface area contributed by atoms with Crippen LogP contribution in [-0.2, 0) is 12.8 Å².